The van der Waals surface area contributed by atoms with Gasteiger partial charge >= 0.3 is 6.18 Å². The van der Waals surface area contributed by atoms with Crippen molar-refractivity contribution in [2.45, 2.75) is 12.7 Å². The maximum absolute atomic E-state index is 12.4. The Labute approximate surface area is 114 Å². The molecule has 1 aromatic heterocycles. The average molecular weight is 337 g/mol. The van der Waals surface area contributed by atoms with Gasteiger partial charge in [-0.1, -0.05) is 45.5 Å². The Balaban J connectivity index is 2.03. The van der Waals surface area contributed by atoms with Crippen molar-refractivity contribution < 1.29 is 13.2 Å². The van der Waals surface area contributed by atoms with Crippen LogP contribution in [0.25, 0.3) is 0 Å². The summed E-state index contributed by atoms with van der Waals surface area (Å²) in [7, 11) is 0. The summed E-state index contributed by atoms with van der Waals surface area (Å²) in [5, 5.41) is 3.13. The van der Waals surface area contributed by atoms with Crippen LogP contribution in [0.5, 0.6) is 0 Å². The van der Waals surface area contributed by atoms with Gasteiger partial charge < -0.3 is 5.32 Å². The van der Waals surface area contributed by atoms with Gasteiger partial charge in [0.1, 0.15) is 4.88 Å². The zero-order valence-electron chi connectivity index (χ0n) is 8.96. The molecule has 2 aromatic rings. The van der Waals surface area contributed by atoms with Gasteiger partial charge in [-0.25, -0.2) is 4.98 Å². The quantitative estimate of drug-likeness (QED) is 0.890. The minimum atomic E-state index is -4.33. The fraction of sp³-hybridized carbons (Fsp3) is 0.182. The molecular weight excluding hydrogens is 329 g/mol. The molecule has 0 radical (unpaired) electrons. The van der Waals surface area contributed by atoms with E-state index in [4.69, 9.17) is 0 Å². The number of thiazole rings is 1. The lowest BCUT2D eigenvalue weighted by Gasteiger charge is -2.05. The van der Waals surface area contributed by atoms with Crippen molar-refractivity contribution in [1.29, 1.82) is 0 Å². The van der Waals surface area contributed by atoms with Crippen LogP contribution < -0.4 is 5.32 Å². The highest BCUT2D eigenvalue weighted by Crippen LogP contribution is 2.35. The molecule has 0 bridgehead atoms. The Morgan fingerprint density at radius 2 is 2.00 bits per heavy atom. The summed E-state index contributed by atoms with van der Waals surface area (Å²) in [6, 6.07) is 7.50. The van der Waals surface area contributed by atoms with Crippen LogP contribution in [0.15, 0.2) is 34.9 Å². The summed E-state index contributed by atoms with van der Waals surface area (Å²) in [4.78, 5) is 3.00. The van der Waals surface area contributed by atoms with Crippen molar-refractivity contribution in [2.24, 2.45) is 0 Å². The number of rotatable bonds is 3. The molecule has 0 spiro atoms. The van der Waals surface area contributed by atoms with E-state index in [-0.39, 0.29) is 5.13 Å². The second-order valence-corrected chi connectivity index (χ2v) is 5.36. The Kier molecular flexibility index (Phi) is 3.91. The Bertz CT molecular complexity index is 539. The smallest absolute Gasteiger partial charge is 0.357 e. The maximum atomic E-state index is 12.4. The van der Waals surface area contributed by atoms with E-state index in [0.717, 1.165) is 16.2 Å². The van der Waals surface area contributed by atoms with Crippen molar-refractivity contribution in [1.82, 2.24) is 4.98 Å². The summed E-state index contributed by atoms with van der Waals surface area (Å²) >= 11 is 3.97. The molecule has 7 heteroatoms. The number of hydrogen-bond acceptors (Lipinski definition) is 3. The number of nitrogens with one attached hydrogen (secondary N) is 1. The molecule has 2 rings (SSSR count). The number of anilines is 1. The number of aromatic nitrogens is 1. The Morgan fingerprint density at radius 1 is 1.28 bits per heavy atom. The van der Waals surface area contributed by atoms with Gasteiger partial charge in [0.2, 0.25) is 0 Å². The molecule has 0 unspecified atom stereocenters. The van der Waals surface area contributed by atoms with Gasteiger partial charge in [0, 0.05) is 11.0 Å². The second kappa shape index (κ2) is 5.27. The molecule has 0 fully saturated rings. The van der Waals surface area contributed by atoms with Gasteiger partial charge in [-0.2, -0.15) is 13.2 Å². The lowest BCUT2D eigenvalue weighted by Crippen LogP contribution is -2.01. The van der Waals surface area contributed by atoms with E-state index in [9.17, 15) is 13.2 Å². The first-order chi connectivity index (χ1) is 8.47. The van der Waals surface area contributed by atoms with Crippen LogP contribution >= 0.6 is 27.3 Å². The molecule has 0 aliphatic rings. The molecule has 1 heterocycles. The van der Waals surface area contributed by atoms with Gasteiger partial charge in [-0.05, 0) is 11.6 Å². The average Bonchev–Trinajstić information content (AvgIpc) is 2.76. The zero-order chi connectivity index (χ0) is 13.2. The van der Waals surface area contributed by atoms with Gasteiger partial charge in [-0.15, -0.1) is 0 Å². The molecule has 96 valence electrons. The summed E-state index contributed by atoms with van der Waals surface area (Å²) in [5.74, 6) is 0. The zero-order valence-corrected chi connectivity index (χ0v) is 11.4. The van der Waals surface area contributed by atoms with Crippen LogP contribution in [0.4, 0.5) is 18.3 Å². The molecule has 0 atom stereocenters. The summed E-state index contributed by atoms with van der Waals surface area (Å²) in [6.07, 6.45) is -3.49. The van der Waals surface area contributed by atoms with Crippen molar-refractivity contribution in [2.75, 3.05) is 5.32 Å². The van der Waals surface area contributed by atoms with Crippen molar-refractivity contribution >= 4 is 32.4 Å². The molecule has 0 saturated carbocycles. The third-order valence-corrected chi connectivity index (χ3v) is 3.95. The van der Waals surface area contributed by atoms with Crippen molar-refractivity contribution in [3.05, 3.63) is 45.4 Å². The molecule has 0 aliphatic carbocycles. The number of hydrogen-bond donors (Lipinski definition) is 1. The summed E-state index contributed by atoms with van der Waals surface area (Å²) in [5.41, 5.74) is 0.959. The number of benzene rings is 1. The predicted octanol–water partition coefficient (Wildman–Crippen LogP) is 4.54. The van der Waals surface area contributed by atoms with E-state index in [2.05, 4.69) is 26.2 Å². The molecule has 2 nitrogen and oxygen atoms in total. The van der Waals surface area contributed by atoms with E-state index in [1.54, 1.807) is 0 Å². The lowest BCUT2D eigenvalue weighted by molar-refractivity contribution is -0.134. The number of halogens is 4. The van der Waals surface area contributed by atoms with Gasteiger partial charge in [0.05, 0.1) is 6.20 Å². The van der Waals surface area contributed by atoms with Crippen LogP contribution in [0, 0.1) is 0 Å². The van der Waals surface area contributed by atoms with Crippen LogP contribution in [-0.2, 0) is 12.7 Å². The first-order valence-electron chi connectivity index (χ1n) is 4.97. The van der Waals surface area contributed by atoms with E-state index in [1.165, 1.54) is 0 Å². The number of nitrogens with zero attached hydrogens (tertiary/aromatic N) is 1. The van der Waals surface area contributed by atoms with E-state index in [0.29, 0.717) is 17.9 Å². The lowest BCUT2D eigenvalue weighted by atomic mass is 10.2. The van der Waals surface area contributed by atoms with Crippen LogP contribution in [-0.4, -0.2) is 4.98 Å². The van der Waals surface area contributed by atoms with E-state index in [1.807, 2.05) is 24.3 Å². The second-order valence-electron chi connectivity index (χ2n) is 3.47. The predicted molar refractivity (Wildman–Crippen MR) is 68.6 cm³/mol. The van der Waals surface area contributed by atoms with Crippen molar-refractivity contribution in [3.63, 3.8) is 0 Å². The topological polar surface area (TPSA) is 24.9 Å². The molecule has 1 N–H and O–H groups in total. The van der Waals surface area contributed by atoms with Crippen LogP contribution in [0.1, 0.15) is 10.4 Å². The SMILES string of the molecule is FC(F)(F)c1cnc(NCc2ccccc2Br)s1. The minimum Gasteiger partial charge on any atom is -0.357 e. The highest BCUT2D eigenvalue weighted by molar-refractivity contribution is 9.10. The molecule has 0 amide bonds. The largest absolute Gasteiger partial charge is 0.427 e. The molecule has 0 aliphatic heterocycles. The first-order valence-corrected chi connectivity index (χ1v) is 6.58. The third-order valence-electron chi connectivity index (χ3n) is 2.17. The molecule has 18 heavy (non-hydrogen) atoms. The maximum Gasteiger partial charge on any atom is 0.427 e. The fourth-order valence-corrected chi connectivity index (χ4v) is 2.40. The Hall–Kier alpha value is -1.08. The monoisotopic (exact) mass is 336 g/mol. The van der Waals surface area contributed by atoms with Gasteiger partial charge in [0.25, 0.3) is 0 Å². The minimum absolute atomic E-state index is 0.262. The van der Waals surface area contributed by atoms with E-state index >= 15 is 0 Å². The fourth-order valence-electron chi connectivity index (χ4n) is 1.30. The van der Waals surface area contributed by atoms with Gasteiger partial charge in [-0.3, -0.25) is 0 Å². The van der Waals surface area contributed by atoms with Gasteiger partial charge in [0.15, 0.2) is 5.13 Å². The number of alkyl halides is 3. The van der Waals surface area contributed by atoms with Crippen LogP contribution in [0.2, 0.25) is 0 Å². The third kappa shape index (κ3) is 3.23. The highest BCUT2D eigenvalue weighted by Gasteiger charge is 2.33. The van der Waals surface area contributed by atoms with Crippen LogP contribution in [0.3, 0.4) is 0 Å². The summed E-state index contributed by atoms with van der Waals surface area (Å²) < 4.78 is 38.0. The normalized spacial score (nSPS) is 11.6. The molecular formula is C11H8BrF3N2S. The van der Waals surface area contributed by atoms with Crippen molar-refractivity contribution in [3.8, 4) is 0 Å². The standard InChI is InChI=1S/C11H8BrF3N2S/c12-8-4-2-1-3-7(8)5-16-10-17-6-9(18-10)11(13,14)15/h1-4,6H,5H2,(H,16,17). The molecule has 0 saturated heterocycles. The highest BCUT2D eigenvalue weighted by atomic mass is 79.9. The summed E-state index contributed by atoms with van der Waals surface area (Å²) in [6.45, 7) is 0.423. The molecule has 1 aromatic carbocycles. The Morgan fingerprint density at radius 3 is 2.61 bits per heavy atom. The first kappa shape index (κ1) is 13.4. The van der Waals surface area contributed by atoms with E-state index < -0.39 is 11.1 Å².